The van der Waals surface area contributed by atoms with E-state index < -0.39 is 6.23 Å². The minimum atomic E-state index is -0.690. The van der Waals surface area contributed by atoms with Crippen molar-refractivity contribution in [2.75, 3.05) is 0 Å². The molecular formula is C7H17NO. The molecule has 0 unspecified atom stereocenters. The van der Waals surface area contributed by atoms with E-state index in [0.717, 1.165) is 0 Å². The van der Waals surface area contributed by atoms with Crippen LogP contribution in [0.4, 0.5) is 0 Å². The number of rotatable bonds is 1. The van der Waals surface area contributed by atoms with Crippen molar-refractivity contribution in [3.05, 3.63) is 0 Å². The minimum absolute atomic E-state index is 0.105. The van der Waals surface area contributed by atoms with Crippen LogP contribution in [0.25, 0.3) is 0 Å². The molecule has 0 aromatic carbocycles. The molecule has 56 valence electrons. The van der Waals surface area contributed by atoms with Gasteiger partial charge in [0.15, 0.2) is 0 Å². The summed E-state index contributed by atoms with van der Waals surface area (Å²) in [6.45, 7) is 8.14. The zero-order valence-corrected chi connectivity index (χ0v) is 6.68. The third-order valence-corrected chi connectivity index (χ3v) is 1.88. The fourth-order valence-corrected chi connectivity index (χ4v) is 0.512. The molecule has 0 saturated carbocycles. The second-order valence-electron chi connectivity index (χ2n) is 3.65. The molecule has 0 amide bonds. The van der Waals surface area contributed by atoms with E-state index in [-0.39, 0.29) is 11.3 Å². The van der Waals surface area contributed by atoms with Crippen LogP contribution in [0.5, 0.6) is 0 Å². The van der Waals surface area contributed by atoms with Crippen molar-refractivity contribution in [3.8, 4) is 0 Å². The molecule has 0 radical (unpaired) electrons. The molecule has 2 heteroatoms. The first kappa shape index (κ1) is 8.92. The molecule has 0 rings (SSSR count). The lowest BCUT2D eigenvalue weighted by Gasteiger charge is -2.28. The van der Waals surface area contributed by atoms with Crippen molar-refractivity contribution in [1.82, 2.24) is 0 Å². The topological polar surface area (TPSA) is 46.2 Å². The second-order valence-corrected chi connectivity index (χ2v) is 3.65. The molecule has 9 heavy (non-hydrogen) atoms. The van der Waals surface area contributed by atoms with Crippen LogP contribution in [0.1, 0.15) is 27.7 Å². The van der Waals surface area contributed by atoms with Crippen LogP contribution in [0.15, 0.2) is 0 Å². The average Bonchev–Trinajstić information content (AvgIpc) is 1.62. The first-order valence-electron chi connectivity index (χ1n) is 3.29. The Morgan fingerprint density at radius 2 is 1.67 bits per heavy atom. The highest BCUT2D eigenvalue weighted by Crippen LogP contribution is 2.26. The van der Waals surface area contributed by atoms with Crippen LogP contribution < -0.4 is 5.73 Å². The summed E-state index contributed by atoms with van der Waals surface area (Å²) in [5.41, 5.74) is 5.38. The van der Waals surface area contributed by atoms with E-state index in [2.05, 4.69) is 20.8 Å². The van der Waals surface area contributed by atoms with Gasteiger partial charge in [-0.2, -0.15) is 0 Å². The normalized spacial score (nSPS) is 19.3. The number of aliphatic hydroxyl groups excluding tert-OH is 1. The van der Waals surface area contributed by atoms with E-state index in [4.69, 9.17) is 10.8 Å². The third kappa shape index (κ3) is 2.82. The zero-order valence-electron chi connectivity index (χ0n) is 6.68. The molecular weight excluding hydrogens is 114 g/mol. The van der Waals surface area contributed by atoms with Crippen molar-refractivity contribution in [2.24, 2.45) is 17.1 Å². The monoisotopic (exact) mass is 131 g/mol. The molecule has 0 fully saturated rings. The number of aliphatic hydroxyl groups is 1. The first-order chi connectivity index (χ1) is 3.85. The smallest absolute Gasteiger partial charge is 0.105 e. The van der Waals surface area contributed by atoms with Crippen LogP contribution >= 0.6 is 0 Å². The van der Waals surface area contributed by atoms with Gasteiger partial charge in [0, 0.05) is 5.92 Å². The lowest BCUT2D eigenvalue weighted by Crippen LogP contribution is -2.35. The molecule has 0 bridgehead atoms. The van der Waals surface area contributed by atoms with Gasteiger partial charge in [0.05, 0.1) is 0 Å². The minimum Gasteiger partial charge on any atom is -0.379 e. The molecule has 2 atom stereocenters. The maximum absolute atomic E-state index is 8.93. The summed E-state index contributed by atoms with van der Waals surface area (Å²) >= 11 is 0. The number of hydrogen-bond donors (Lipinski definition) is 2. The van der Waals surface area contributed by atoms with E-state index in [1.54, 1.807) is 0 Å². The standard InChI is InChI=1S/C7H17NO/c1-5(6(8)9)7(2,3)4/h5-6,9H,8H2,1-4H3/t5-,6-/m0/s1. The van der Waals surface area contributed by atoms with Crippen molar-refractivity contribution in [1.29, 1.82) is 0 Å². The van der Waals surface area contributed by atoms with Crippen molar-refractivity contribution >= 4 is 0 Å². The first-order valence-corrected chi connectivity index (χ1v) is 3.29. The van der Waals surface area contributed by atoms with Crippen LogP contribution in [-0.2, 0) is 0 Å². The molecule has 2 nitrogen and oxygen atoms in total. The van der Waals surface area contributed by atoms with Crippen LogP contribution in [0.2, 0.25) is 0 Å². The van der Waals surface area contributed by atoms with E-state index in [0.29, 0.717) is 0 Å². The highest BCUT2D eigenvalue weighted by Gasteiger charge is 2.23. The quantitative estimate of drug-likeness (QED) is 0.520. The average molecular weight is 131 g/mol. The molecule has 0 saturated heterocycles. The van der Waals surface area contributed by atoms with Crippen molar-refractivity contribution in [3.63, 3.8) is 0 Å². The van der Waals surface area contributed by atoms with Gasteiger partial charge < -0.3 is 10.8 Å². The SMILES string of the molecule is C[C@@H]([C@@H](N)O)C(C)(C)C. The van der Waals surface area contributed by atoms with Crippen LogP contribution in [0, 0.1) is 11.3 Å². The fraction of sp³-hybridized carbons (Fsp3) is 1.00. The molecule has 0 aromatic heterocycles. The third-order valence-electron chi connectivity index (χ3n) is 1.88. The summed E-state index contributed by atoms with van der Waals surface area (Å²) < 4.78 is 0. The molecule has 0 spiro atoms. The Balaban J connectivity index is 3.88. The van der Waals surface area contributed by atoms with Gasteiger partial charge in [-0.15, -0.1) is 0 Å². The summed E-state index contributed by atoms with van der Waals surface area (Å²) in [7, 11) is 0. The Morgan fingerprint density at radius 1 is 1.33 bits per heavy atom. The van der Waals surface area contributed by atoms with E-state index >= 15 is 0 Å². The van der Waals surface area contributed by atoms with Gasteiger partial charge >= 0.3 is 0 Å². The highest BCUT2D eigenvalue weighted by atomic mass is 16.3. The Morgan fingerprint density at radius 3 is 1.67 bits per heavy atom. The molecule has 3 N–H and O–H groups in total. The lowest BCUT2D eigenvalue weighted by molar-refractivity contribution is 0.0594. The largest absolute Gasteiger partial charge is 0.379 e. The van der Waals surface area contributed by atoms with Gasteiger partial charge in [-0.05, 0) is 5.41 Å². The number of hydrogen-bond acceptors (Lipinski definition) is 2. The Labute approximate surface area is 57.1 Å². The predicted octanol–water partition coefficient (Wildman–Crippen LogP) is 0.946. The van der Waals surface area contributed by atoms with E-state index in [1.165, 1.54) is 0 Å². The summed E-state index contributed by atoms with van der Waals surface area (Å²) in [4.78, 5) is 0. The van der Waals surface area contributed by atoms with Gasteiger partial charge in [-0.3, -0.25) is 0 Å². The van der Waals surface area contributed by atoms with Gasteiger partial charge in [0.25, 0.3) is 0 Å². The Kier molecular flexibility index (Phi) is 2.65. The highest BCUT2D eigenvalue weighted by molar-refractivity contribution is 4.72. The Bertz CT molecular complexity index is 83.4. The molecule has 0 aromatic rings. The van der Waals surface area contributed by atoms with Crippen LogP contribution in [-0.4, -0.2) is 11.3 Å². The van der Waals surface area contributed by atoms with Crippen molar-refractivity contribution < 1.29 is 5.11 Å². The van der Waals surface area contributed by atoms with Gasteiger partial charge in [-0.1, -0.05) is 27.7 Å². The molecule has 0 heterocycles. The van der Waals surface area contributed by atoms with Gasteiger partial charge in [-0.25, -0.2) is 0 Å². The summed E-state index contributed by atoms with van der Waals surface area (Å²) in [6.07, 6.45) is -0.690. The van der Waals surface area contributed by atoms with Gasteiger partial charge in [0.2, 0.25) is 0 Å². The number of nitrogens with two attached hydrogens (primary N) is 1. The van der Waals surface area contributed by atoms with Gasteiger partial charge in [0.1, 0.15) is 6.23 Å². The van der Waals surface area contributed by atoms with Crippen molar-refractivity contribution in [2.45, 2.75) is 33.9 Å². The van der Waals surface area contributed by atoms with Crippen LogP contribution in [0.3, 0.4) is 0 Å². The zero-order chi connectivity index (χ0) is 7.65. The maximum Gasteiger partial charge on any atom is 0.105 e. The summed E-state index contributed by atoms with van der Waals surface area (Å²) in [5.74, 6) is 0.150. The molecule has 0 aliphatic heterocycles. The lowest BCUT2D eigenvalue weighted by atomic mass is 9.81. The van der Waals surface area contributed by atoms with E-state index in [9.17, 15) is 0 Å². The summed E-state index contributed by atoms with van der Waals surface area (Å²) in [5, 5.41) is 8.93. The second kappa shape index (κ2) is 2.67. The summed E-state index contributed by atoms with van der Waals surface area (Å²) in [6, 6.07) is 0. The molecule has 0 aliphatic carbocycles. The maximum atomic E-state index is 8.93. The molecule has 0 aliphatic rings. The predicted molar refractivity (Wildman–Crippen MR) is 38.8 cm³/mol. The Hall–Kier alpha value is -0.0800. The van der Waals surface area contributed by atoms with E-state index in [1.807, 2.05) is 6.92 Å². The fourth-order valence-electron chi connectivity index (χ4n) is 0.512.